The molecule has 21 heavy (non-hydrogen) atoms. The summed E-state index contributed by atoms with van der Waals surface area (Å²) in [6, 6.07) is 9.41. The maximum atomic E-state index is 12.1. The minimum Gasteiger partial charge on any atom is -0.406 e. The summed E-state index contributed by atoms with van der Waals surface area (Å²) in [4.78, 5) is 15.7. The molecule has 1 aromatic heterocycles. The fraction of sp³-hybridized carbons (Fsp3) is 0.0769. The molecule has 1 aromatic carbocycles. The molecule has 0 spiro atoms. The summed E-state index contributed by atoms with van der Waals surface area (Å²) >= 11 is 0. The summed E-state index contributed by atoms with van der Waals surface area (Å²) in [5.41, 5.74) is 5.64. The van der Waals surface area contributed by atoms with Crippen LogP contribution < -0.4 is 15.8 Å². The lowest BCUT2D eigenvalue weighted by Crippen LogP contribution is -2.18. The van der Waals surface area contributed by atoms with Gasteiger partial charge in [0.1, 0.15) is 17.3 Å². The Hall–Kier alpha value is -2.77. The fourth-order valence-electron chi connectivity index (χ4n) is 1.54. The van der Waals surface area contributed by atoms with Crippen molar-refractivity contribution >= 4 is 17.4 Å². The zero-order chi connectivity index (χ0) is 15.5. The molecule has 0 unspecified atom stereocenters. The minimum atomic E-state index is -4.79. The van der Waals surface area contributed by atoms with Crippen molar-refractivity contribution in [1.29, 1.82) is 0 Å². The van der Waals surface area contributed by atoms with Gasteiger partial charge < -0.3 is 15.8 Å². The van der Waals surface area contributed by atoms with E-state index in [1.54, 1.807) is 6.07 Å². The van der Waals surface area contributed by atoms with E-state index in [1.165, 1.54) is 24.3 Å². The quantitative estimate of drug-likeness (QED) is 0.913. The van der Waals surface area contributed by atoms with Crippen LogP contribution in [-0.4, -0.2) is 17.3 Å². The summed E-state index contributed by atoms with van der Waals surface area (Å²) in [6.07, 6.45) is -4.79. The standard InChI is InChI=1S/C13H10F3N3O2/c14-13(15,16)21-9-4-1-3-8(7-9)18-12(20)10-5-2-6-11(17)19-10/h1-7H,(H2,17,19)(H,18,20). The van der Waals surface area contributed by atoms with Gasteiger partial charge in [0.2, 0.25) is 0 Å². The first-order valence-corrected chi connectivity index (χ1v) is 5.73. The number of carbonyl (C=O) groups excluding carboxylic acids is 1. The van der Waals surface area contributed by atoms with E-state index in [4.69, 9.17) is 5.73 Å². The van der Waals surface area contributed by atoms with Crippen LogP contribution in [0.15, 0.2) is 42.5 Å². The lowest BCUT2D eigenvalue weighted by molar-refractivity contribution is -0.274. The van der Waals surface area contributed by atoms with Crippen molar-refractivity contribution in [2.24, 2.45) is 0 Å². The highest BCUT2D eigenvalue weighted by molar-refractivity contribution is 6.03. The van der Waals surface area contributed by atoms with E-state index in [1.807, 2.05) is 0 Å². The first-order chi connectivity index (χ1) is 9.83. The molecule has 0 bridgehead atoms. The Labute approximate surface area is 117 Å². The highest BCUT2D eigenvalue weighted by Gasteiger charge is 2.31. The smallest absolute Gasteiger partial charge is 0.406 e. The van der Waals surface area contributed by atoms with Crippen molar-refractivity contribution in [1.82, 2.24) is 4.98 Å². The Morgan fingerprint density at radius 1 is 1.19 bits per heavy atom. The second-order valence-corrected chi connectivity index (χ2v) is 3.98. The Morgan fingerprint density at radius 2 is 1.90 bits per heavy atom. The molecule has 2 aromatic rings. The van der Waals surface area contributed by atoms with Gasteiger partial charge in [0.25, 0.3) is 5.91 Å². The zero-order valence-electron chi connectivity index (χ0n) is 10.5. The molecule has 0 fully saturated rings. The summed E-state index contributed by atoms with van der Waals surface area (Å²) in [7, 11) is 0. The molecular weight excluding hydrogens is 287 g/mol. The Morgan fingerprint density at radius 3 is 2.57 bits per heavy atom. The molecule has 8 heteroatoms. The number of amides is 1. The number of carbonyl (C=O) groups is 1. The maximum absolute atomic E-state index is 12.1. The molecule has 0 saturated carbocycles. The molecular formula is C13H10F3N3O2. The van der Waals surface area contributed by atoms with Crippen LogP contribution in [0.25, 0.3) is 0 Å². The third-order valence-electron chi connectivity index (χ3n) is 2.33. The van der Waals surface area contributed by atoms with E-state index in [9.17, 15) is 18.0 Å². The van der Waals surface area contributed by atoms with Gasteiger partial charge in [-0.2, -0.15) is 0 Å². The van der Waals surface area contributed by atoms with Crippen LogP contribution in [-0.2, 0) is 0 Å². The third kappa shape index (κ3) is 4.37. The number of aromatic nitrogens is 1. The van der Waals surface area contributed by atoms with Crippen molar-refractivity contribution in [2.75, 3.05) is 11.1 Å². The van der Waals surface area contributed by atoms with Gasteiger partial charge in [-0.05, 0) is 24.3 Å². The Bertz CT molecular complexity index is 659. The molecule has 2 rings (SSSR count). The number of benzene rings is 1. The van der Waals surface area contributed by atoms with Crippen LogP contribution in [0, 0.1) is 0 Å². The molecule has 1 amide bonds. The average molecular weight is 297 g/mol. The second-order valence-electron chi connectivity index (χ2n) is 3.98. The van der Waals surface area contributed by atoms with E-state index >= 15 is 0 Å². The van der Waals surface area contributed by atoms with Crippen molar-refractivity contribution in [3.8, 4) is 5.75 Å². The number of alkyl halides is 3. The molecule has 0 radical (unpaired) electrons. The number of rotatable bonds is 3. The van der Waals surface area contributed by atoms with Crippen LogP contribution >= 0.6 is 0 Å². The number of pyridine rings is 1. The summed E-state index contributed by atoms with van der Waals surface area (Å²) < 4.78 is 40.1. The van der Waals surface area contributed by atoms with Crippen molar-refractivity contribution in [3.05, 3.63) is 48.2 Å². The predicted molar refractivity (Wildman–Crippen MR) is 69.7 cm³/mol. The van der Waals surface area contributed by atoms with E-state index < -0.39 is 18.0 Å². The molecule has 0 aliphatic heterocycles. The van der Waals surface area contributed by atoms with Gasteiger partial charge in [0, 0.05) is 11.8 Å². The normalized spacial score (nSPS) is 11.0. The highest BCUT2D eigenvalue weighted by atomic mass is 19.4. The van der Waals surface area contributed by atoms with Gasteiger partial charge in [0.15, 0.2) is 0 Å². The van der Waals surface area contributed by atoms with Crippen LogP contribution in [0.2, 0.25) is 0 Å². The number of nitrogens with zero attached hydrogens (tertiary/aromatic N) is 1. The monoisotopic (exact) mass is 297 g/mol. The number of halogens is 3. The lowest BCUT2D eigenvalue weighted by atomic mass is 10.2. The summed E-state index contributed by atoms with van der Waals surface area (Å²) in [5, 5.41) is 2.41. The number of nitrogens with one attached hydrogen (secondary N) is 1. The van der Waals surface area contributed by atoms with Crippen LogP contribution in [0.3, 0.4) is 0 Å². The number of nitrogen functional groups attached to an aromatic ring is 1. The summed E-state index contributed by atoms with van der Waals surface area (Å²) in [6.45, 7) is 0. The van der Waals surface area contributed by atoms with Crippen molar-refractivity contribution < 1.29 is 22.7 Å². The molecule has 0 saturated heterocycles. The van der Waals surface area contributed by atoms with E-state index in [0.717, 1.165) is 12.1 Å². The highest BCUT2D eigenvalue weighted by Crippen LogP contribution is 2.25. The van der Waals surface area contributed by atoms with Crippen molar-refractivity contribution in [3.63, 3.8) is 0 Å². The molecule has 1 heterocycles. The topological polar surface area (TPSA) is 77.2 Å². The van der Waals surface area contributed by atoms with Crippen LogP contribution in [0.5, 0.6) is 5.75 Å². The number of anilines is 2. The van der Waals surface area contributed by atoms with Gasteiger partial charge in [-0.1, -0.05) is 12.1 Å². The molecule has 3 N–H and O–H groups in total. The largest absolute Gasteiger partial charge is 0.573 e. The first kappa shape index (κ1) is 14.6. The minimum absolute atomic E-state index is 0.0529. The van der Waals surface area contributed by atoms with Gasteiger partial charge in [0.05, 0.1) is 0 Å². The van der Waals surface area contributed by atoms with E-state index in [-0.39, 0.29) is 17.2 Å². The number of nitrogens with two attached hydrogens (primary N) is 1. The fourth-order valence-corrected chi connectivity index (χ4v) is 1.54. The predicted octanol–water partition coefficient (Wildman–Crippen LogP) is 2.81. The molecule has 0 aliphatic carbocycles. The number of hydrogen-bond acceptors (Lipinski definition) is 4. The molecule has 110 valence electrons. The number of ether oxygens (including phenoxy) is 1. The van der Waals surface area contributed by atoms with Gasteiger partial charge in [-0.25, -0.2) is 4.98 Å². The second kappa shape index (κ2) is 5.70. The maximum Gasteiger partial charge on any atom is 0.573 e. The molecule has 0 aliphatic rings. The average Bonchev–Trinajstić information content (AvgIpc) is 2.37. The first-order valence-electron chi connectivity index (χ1n) is 5.73. The van der Waals surface area contributed by atoms with Gasteiger partial charge in [-0.3, -0.25) is 4.79 Å². The SMILES string of the molecule is Nc1cccc(C(=O)Nc2cccc(OC(F)(F)F)c2)n1. The van der Waals surface area contributed by atoms with Gasteiger partial charge in [-0.15, -0.1) is 13.2 Å². The van der Waals surface area contributed by atoms with E-state index in [0.29, 0.717) is 0 Å². The Kier molecular flexibility index (Phi) is 3.97. The van der Waals surface area contributed by atoms with Crippen LogP contribution in [0.1, 0.15) is 10.5 Å². The van der Waals surface area contributed by atoms with Crippen molar-refractivity contribution in [2.45, 2.75) is 6.36 Å². The van der Waals surface area contributed by atoms with Gasteiger partial charge >= 0.3 is 6.36 Å². The third-order valence-corrected chi connectivity index (χ3v) is 2.33. The summed E-state index contributed by atoms with van der Waals surface area (Å²) in [5.74, 6) is -0.857. The Balaban J connectivity index is 2.13. The van der Waals surface area contributed by atoms with E-state index in [2.05, 4.69) is 15.0 Å². The lowest BCUT2D eigenvalue weighted by Gasteiger charge is -2.10. The number of hydrogen-bond donors (Lipinski definition) is 2. The molecule has 5 nitrogen and oxygen atoms in total. The zero-order valence-corrected chi connectivity index (χ0v) is 10.5. The molecule has 0 atom stereocenters. The van der Waals surface area contributed by atoms with Crippen LogP contribution in [0.4, 0.5) is 24.7 Å².